The molecule has 1 fully saturated rings. The van der Waals surface area contributed by atoms with E-state index in [4.69, 9.17) is 4.74 Å². The highest BCUT2D eigenvalue weighted by Crippen LogP contribution is 2.53. The van der Waals surface area contributed by atoms with Crippen LogP contribution < -0.4 is 0 Å². The van der Waals surface area contributed by atoms with Crippen molar-refractivity contribution in [2.24, 2.45) is 0 Å². The molecule has 2 aliphatic rings. The van der Waals surface area contributed by atoms with Gasteiger partial charge in [-0.1, -0.05) is 84.6 Å². The lowest BCUT2D eigenvalue weighted by Crippen LogP contribution is -2.51. The minimum Gasteiger partial charge on any atom is -0.342 e. The number of thioether (sulfide) groups is 2. The van der Waals surface area contributed by atoms with Gasteiger partial charge in [-0.25, -0.2) is 0 Å². The predicted molar refractivity (Wildman–Crippen MR) is 110 cm³/mol. The van der Waals surface area contributed by atoms with Gasteiger partial charge in [-0.2, -0.15) is 0 Å². The molecule has 0 unspecified atom stereocenters. The monoisotopic (exact) mass is 390 g/mol. The molecule has 0 aliphatic carbocycles. The first-order valence-electron chi connectivity index (χ1n) is 9.02. The van der Waals surface area contributed by atoms with Gasteiger partial charge in [0.2, 0.25) is 0 Å². The van der Waals surface area contributed by atoms with Crippen LogP contribution in [0.1, 0.15) is 17.5 Å². The molecule has 2 atom stereocenters. The number of rotatable bonds is 2. The van der Waals surface area contributed by atoms with Gasteiger partial charge < -0.3 is 4.74 Å². The smallest absolute Gasteiger partial charge is 0.178 e. The lowest BCUT2D eigenvalue weighted by molar-refractivity contribution is -0.149. The molecule has 0 spiro atoms. The SMILES string of the molecule is O=C1C[C@@H]2Sc3ccccc3S[C@@H]2OC1(c1ccccc1)c1ccccc1. The Morgan fingerprint density at radius 2 is 1.26 bits per heavy atom. The lowest BCUT2D eigenvalue weighted by atomic mass is 9.79. The van der Waals surface area contributed by atoms with Crippen molar-refractivity contribution in [2.45, 2.75) is 32.5 Å². The Kier molecular flexibility index (Phi) is 4.35. The van der Waals surface area contributed by atoms with Crippen molar-refractivity contribution in [3.8, 4) is 0 Å². The second-order valence-corrected chi connectivity index (χ2v) is 9.17. The van der Waals surface area contributed by atoms with Gasteiger partial charge in [-0.05, 0) is 23.3 Å². The van der Waals surface area contributed by atoms with Gasteiger partial charge in [-0.15, -0.1) is 11.8 Å². The molecule has 4 heteroatoms. The summed E-state index contributed by atoms with van der Waals surface area (Å²) in [6.07, 6.45) is 0.500. The molecule has 134 valence electrons. The molecule has 3 aromatic rings. The van der Waals surface area contributed by atoms with Gasteiger partial charge in [0.15, 0.2) is 11.4 Å². The number of carbonyl (C=O) groups is 1. The molecule has 2 heterocycles. The van der Waals surface area contributed by atoms with E-state index in [2.05, 4.69) is 24.3 Å². The van der Waals surface area contributed by atoms with Gasteiger partial charge in [0.1, 0.15) is 5.44 Å². The molecule has 0 saturated carbocycles. The van der Waals surface area contributed by atoms with E-state index in [9.17, 15) is 4.79 Å². The van der Waals surface area contributed by atoms with Gasteiger partial charge in [0, 0.05) is 16.2 Å². The van der Waals surface area contributed by atoms with Crippen molar-refractivity contribution in [3.63, 3.8) is 0 Å². The lowest BCUT2D eigenvalue weighted by Gasteiger charge is -2.45. The molecule has 0 bridgehead atoms. The number of carbonyl (C=O) groups excluding carboxylic acids is 1. The summed E-state index contributed by atoms with van der Waals surface area (Å²) in [5.41, 5.74) is 0.708. The maximum absolute atomic E-state index is 13.5. The topological polar surface area (TPSA) is 26.3 Å². The number of Topliss-reactive ketones (excluding diaryl/α,β-unsaturated/α-hetero) is 1. The summed E-state index contributed by atoms with van der Waals surface area (Å²) in [5.74, 6) is 0.133. The Labute approximate surface area is 167 Å². The van der Waals surface area contributed by atoms with Crippen LogP contribution in [0, 0.1) is 0 Å². The van der Waals surface area contributed by atoms with E-state index in [1.54, 1.807) is 23.5 Å². The van der Waals surface area contributed by atoms with Crippen molar-refractivity contribution in [1.29, 1.82) is 0 Å². The minimum absolute atomic E-state index is 0.0667. The first-order valence-corrected chi connectivity index (χ1v) is 10.8. The summed E-state index contributed by atoms with van der Waals surface area (Å²) in [6.45, 7) is 0. The van der Waals surface area contributed by atoms with Crippen molar-refractivity contribution in [3.05, 3.63) is 96.1 Å². The fourth-order valence-corrected chi connectivity index (χ4v) is 6.56. The third kappa shape index (κ3) is 2.83. The zero-order chi connectivity index (χ0) is 18.3. The summed E-state index contributed by atoms with van der Waals surface area (Å²) in [7, 11) is 0. The largest absolute Gasteiger partial charge is 0.342 e. The molecule has 3 aromatic carbocycles. The van der Waals surface area contributed by atoms with E-state index < -0.39 is 5.60 Å². The zero-order valence-electron chi connectivity index (χ0n) is 14.6. The highest BCUT2D eigenvalue weighted by molar-refractivity contribution is 8.06. The van der Waals surface area contributed by atoms with Crippen LogP contribution in [0.2, 0.25) is 0 Å². The minimum atomic E-state index is -1.04. The van der Waals surface area contributed by atoms with Crippen LogP contribution in [0.25, 0.3) is 0 Å². The predicted octanol–water partition coefficient (Wildman–Crippen LogP) is 5.51. The van der Waals surface area contributed by atoms with E-state index in [0.717, 1.165) is 11.1 Å². The van der Waals surface area contributed by atoms with Gasteiger partial charge in [-0.3, -0.25) is 4.79 Å². The van der Waals surface area contributed by atoms with Gasteiger partial charge in [0.25, 0.3) is 0 Å². The molecular formula is C23H18O2S2. The molecule has 1 saturated heterocycles. The number of benzene rings is 3. The number of fused-ring (bicyclic) bond motifs is 2. The molecule has 27 heavy (non-hydrogen) atoms. The average molecular weight is 391 g/mol. The quantitative estimate of drug-likeness (QED) is 0.576. The van der Waals surface area contributed by atoms with Crippen LogP contribution in [0.5, 0.6) is 0 Å². The van der Waals surface area contributed by atoms with Crippen molar-refractivity contribution < 1.29 is 9.53 Å². The van der Waals surface area contributed by atoms with Crippen LogP contribution in [-0.2, 0) is 15.1 Å². The number of ether oxygens (including phenoxy) is 1. The third-order valence-corrected chi connectivity index (χ3v) is 8.00. The van der Waals surface area contributed by atoms with Gasteiger partial charge >= 0.3 is 0 Å². The van der Waals surface area contributed by atoms with Crippen LogP contribution in [-0.4, -0.2) is 16.5 Å². The second-order valence-electron chi connectivity index (χ2n) is 6.75. The first kappa shape index (κ1) is 17.1. The third-order valence-electron chi connectivity index (χ3n) is 5.11. The number of ketones is 1. The normalized spacial score (nSPS) is 23.3. The van der Waals surface area contributed by atoms with Gasteiger partial charge in [0.05, 0.1) is 5.25 Å². The maximum Gasteiger partial charge on any atom is 0.178 e. The highest BCUT2D eigenvalue weighted by atomic mass is 32.2. The van der Waals surface area contributed by atoms with E-state index in [0.29, 0.717) is 6.42 Å². The molecule has 2 aliphatic heterocycles. The Morgan fingerprint density at radius 3 is 1.85 bits per heavy atom. The van der Waals surface area contributed by atoms with E-state index in [1.807, 2.05) is 60.7 Å². The Morgan fingerprint density at radius 1 is 0.741 bits per heavy atom. The van der Waals surface area contributed by atoms with Crippen LogP contribution in [0.4, 0.5) is 0 Å². The molecule has 0 aromatic heterocycles. The van der Waals surface area contributed by atoms with Crippen LogP contribution in [0.15, 0.2) is 94.7 Å². The molecule has 0 radical (unpaired) electrons. The summed E-state index contributed by atoms with van der Waals surface area (Å²) in [6, 6.07) is 28.2. The molecule has 2 nitrogen and oxygen atoms in total. The molecular weight excluding hydrogens is 372 g/mol. The van der Waals surface area contributed by atoms with E-state index in [-0.39, 0.29) is 16.5 Å². The van der Waals surface area contributed by atoms with E-state index in [1.165, 1.54) is 9.79 Å². The van der Waals surface area contributed by atoms with Crippen LogP contribution in [0.3, 0.4) is 0 Å². The fraction of sp³-hybridized carbons (Fsp3) is 0.174. The summed E-state index contributed by atoms with van der Waals surface area (Å²) >= 11 is 3.51. The van der Waals surface area contributed by atoms with Crippen molar-refractivity contribution in [1.82, 2.24) is 0 Å². The standard InChI is InChI=1S/C23H18O2S2/c24-21-15-20-22(27-19-14-8-7-13-18(19)26-20)25-23(21,16-9-3-1-4-10-16)17-11-5-2-6-12-17/h1-14,20,22H,15H2/t20-,22-/m0/s1. The van der Waals surface area contributed by atoms with Crippen molar-refractivity contribution in [2.75, 3.05) is 0 Å². The highest BCUT2D eigenvalue weighted by Gasteiger charge is 2.52. The summed E-state index contributed by atoms with van der Waals surface area (Å²) < 4.78 is 6.71. The van der Waals surface area contributed by atoms with E-state index >= 15 is 0 Å². The average Bonchev–Trinajstić information content (AvgIpc) is 2.73. The molecule has 0 N–H and O–H groups in total. The Balaban J connectivity index is 1.62. The maximum atomic E-state index is 13.5. The Bertz CT molecular complexity index is 932. The van der Waals surface area contributed by atoms with Crippen molar-refractivity contribution >= 4 is 29.3 Å². The first-order chi connectivity index (χ1) is 13.3. The summed E-state index contributed by atoms with van der Waals surface area (Å²) in [5, 5.41) is 0.137. The number of hydrogen-bond acceptors (Lipinski definition) is 4. The van der Waals surface area contributed by atoms with Crippen LogP contribution >= 0.6 is 23.5 Å². The Hall–Kier alpha value is -2.01. The number of hydrogen-bond donors (Lipinski definition) is 0. The zero-order valence-corrected chi connectivity index (χ0v) is 16.2. The second kappa shape index (κ2) is 6.86. The molecule has 5 rings (SSSR count). The fourth-order valence-electron chi connectivity index (χ4n) is 3.84. The molecule has 0 amide bonds. The summed E-state index contributed by atoms with van der Waals surface area (Å²) in [4.78, 5) is 16.0.